The predicted octanol–water partition coefficient (Wildman–Crippen LogP) is 4.36. The zero-order valence-corrected chi connectivity index (χ0v) is 21.4. The molecular formula is C23H39IN4O2. The minimum Gasteiger partial charge on any atom is -0.493 e. The Kier molecular flexibility index (Phi) is 12.1. The molecule has 2 atom stereocenters. The Labute approximate surface area is 199 Å². The molecule has 1 saturated heterocycles. The minimum absolute atomic E-state index is 0. The van der Waals surface area contributed by atoms with Gasteiger partial charge in [-0.25, -0.2) is 0 Å². The average molecular weight is 530 g/mol. The third kappa shape index (κ3) is 8.32. The number of ether oxygens (including phenoxy) is 1. The van der Waals surface area contributed by atoms with Gasteiger partial charge in [-0.05, 0) is 49.8 Å². The lowest BCUT2D eigenvalue weighted by molar-refractivity contribution is -0.129. The molecule has 1 aromatic carbocycles. The van der Waals surface area contributed by atoms with E-state index in [4.69, 9.17) is 4.74 Å². The largest absolute Gasteiger partial charge is 0.493 e. The fraction of sp³-hybridized carbons (Fsp3) is 0.652. The van der Waals surface area contributed by atoms with Crippen molar-refractivity contribution < 1.29 is 9.53 Å². The monoisotopic (exact) mass is 530 g/mol. The number of hydrogen-bond donors (Lipinski definition) is 2. The van der Waals surface area contributed by atoms with Crippen LogP contribution in [0.1, 0.15) is 65.0 Å². The molecule has 1 heterocycles. The Balaban J connectivity index is 0.00000450. The van der Waals surface area contributed by atoms with Crippen LogP contribution in [0.4, 0.5) is 0 Å². The first kappa shape index (κ1) is 26.5. The lowest BCUT2D eigenvalue weighted by Gasteiger charge is -2.27. The van der Waals surface area contributed by atoms with Gasteiger partial charge >= 0.3 is 0 Å². The molecule has 0 aliphatic carbocycles. The maximum atomic E-state index is 12.0. The lowest BCUT2D eigenvalue weighted by Crippen LogP contribution is -2.42. The molecule has 30 heavy (non-hydrogen) atoms. The standard InChI is InChI=1S/C23H38N4O2.HI/c1-6-20(27-15-7-8-22(27)28)13-14-25-23(24-5)26-18(4)19-9-11-21(12-10-19)29-16-17(2)3;/h9-12,17-18,20H,6-8,13-16H2,1-5H3,(H2,24,25,26);1H. The van der Waals surface area contributed by atoms with Gasteiger partial charge in [0.25, 0.3) is 0 Å². The highest BCUT2D eigenvalue weighted by atomic mass is 127. The van der Waals surface area contributed by atoms with Crippen molar-refractivity contribution in [3.8, 4) is 5.75 Å². The number of halogens is 1. The summed E-state index contributed by atoms with van der Waals surface area (Å²) < 4.78 is 5.76. The Bertz CT molecular complexity index is 664. The number of nitrogens with one attached hydrogen (secondary N) is 2. The van der Waals surface area contributed by atoms with Gasteiger partial charge in [-0.2, -0.15) is 0 Å². The van der Waals surface area contributed by atoms with Gasteiger partial charge in [0.1, 0.15) is 5.75 Å². The number of amides is 1. The van der Waals surface area contributed by atoms with Crippen LogP contribution < -0.4 is 15.4 Å². The zero-order chi connectivity index (χ0) is 21.2. The highest BCUT2D eigenvalue weighted by Gasteiger charge is 2.26. The minimum atomic E-state index is 0. The van der Waals surface area contributed by atoms with Crippen molar-refractivity contribution in [2.45, 2.75) is 65.5 Å². The number of nitrogens with zero attached hydrogens (tertiary/aromatic N) is 2. The second-order valence-corrected chi connectivity index (χ2v) is 8.18. The van der Waals surface area contributed by atoms with Gasteiger partial charge in [0, 0.05) is 32.6 Å². The molecule has 0 radical (unpaired) electrons. The van der Waals surface area contributed by atoms with Crippen LogP contribution >= 0.6 is 24.0 Å². The fourth-order valence-electron chi connectivity index (χ4n) is 3.59. The van der Waals surface area contributed by atoms with Crippen molar-refractivity contribution in [3.05, 3.63) is 29.8 Å². The first-order valence-corrected chi connectivity index (χ1v) is 10.9. The quantitative estimate of drug-likeness (QED) is 0.268. The third-order valence-corrected chi connectivity index (χ3v) is 5.33. The molecule has 2 N–H and O–H groups in total. The zero-order valence-electron chi connectivity index (χ0n) is 19.1. The summed E-state index contributed by atoms with van der Waals surface area (Å²) in [6.07, 6.45) is 3.61. The molecule has 170 valence electrons. The summed E-state index contributed by atoms with van der Waals surface area (Å²) in [6, 6.07) is 8.66. The predicted molar refractivity (Wildman–Crippen MR) is 135 cm³/mol. The van der Waals surface area contributed by atoms with Crippen LogP contribution in [0.5, 0.6) is 5.75 Å². The van der Waals surface area contributed by atoms with Gasteiger partial charge in [-0.15, -0.1) is 24.0 Å². The van der Waals surface area contributed by atoms with Crippen LogP contribution in [0.2, 0.25) is 0 Å². The number of aliphatic imine (C=N–C) groups is 1. The maximum absolute atomic E-state index is 12.0. The lowest BCUT2D eigenvalue weighted by atomic mass is 10.1. The van der Waals surface area contributed by atoms with Crippen LogP contribution in [0, 0.1) is 5.92 Å². The molecule has 1 aliphatic rings. The maximum Gasteiger partial charge on any atom is 0.222 e. The topological polar surface area (TPSA) is 66.0 Å². The number of guanidine groups is 1. The van der Waals surface area contributed by atoms with Crippen molar-refractivity contribution in [3.63, 3.8) is 0 Å². The van der Waals surface area contributed by atoms with Crippen LogP contribution in [-0.2, 0) is 4.79 Å². The fourth-order valence-corrected chi connectivity index (χ4v) is 3.59. The van der Waals surface area contributed by atoms with E-state index in [1.165, 1.54) is 5.56 Å². The summed E-state index contributed by atoms with van der Waals surface area (Å²) in [5.74, 6) is 2.49. The van der Waals surface area contributed by atoms with E-state index in [0.717, 1.165) is 50.7 Å². The number of carbonyl (C=O) groups is 1. The van der Waals surface area contributed by atoms with Gasteiger partial charge < -0.3 is 20.3 Å². The summed E-state index contributed by atoms with van der Waals surface area (Å²) in [5.41, 5.74) is 1.18. The molecule has 0 aromatic heterocycles. The summed E-state index contributed by atoms with van der Waals surface area (Å²) in [5, 5.41) is 6.83. The van der Waals surface area contributed by atoms with Gasteiger partial charge in [-0.3, -0.25) is 9.79 Å². The second kappa shape index (κ2) is 13.7. The Morgan fingerprint density at radius 2 is 1.93 bits per heavy atom. The van der Waals surface area contributed by atoms with Crippen LogP contribution in [0.25, 0.3) is 0 Å². The molecular weight excluding hydrogens is 491 g/mol. The van der Waals surface area contributed by atoms with Gasteiger partial charge in [-0.1, -0.05) is 32.9 Å². The highest BCUT2D eigenvalue weighted by molar-refractivity contribution is 14.0. The Hall–Kier alpha value is -1.51. The average Bonchev–Trinajstić information content (AvgIpc) is 3.14. The van der Waals surface area contributed by atoms with E-state index in [2.05, 4.69) is 55.5 Å². The molecule has 2 unspecified atom stereocenters. The van der Waals surface area contributed by atoms with Crippen molar-refractivity contribution >= 4 is 35.8 Å². The first-order valence-electron chi connectivity index (χ1n) is 10.9. The number of likely N-dealkylation sites (tertiary alicyclic amines) is 1. The first-order chi connectivity index (χ1) is 13.9. The van der Waals surface area contributed by atoms with Gasteiger partial charge in [0.2, 0.25) is 5.91 Å². The number of rotatable bonds is 10. The normalized spacial score (nSPS) is 16.3. The molecule has 1 fully saturated rings. The number of hydrogen-bond acceptors (Lipinski definition) is 3. The van der Waals surface area contributed by atoms with Crippen LogP contribution in [0.3, 0.4) is 0 Å². The van der Waals surface area contributed by atoms with Crippen LogP contribution in [0.15, 0.2) is 29.3 Å². The molecule has 1 aliphatic heterocycles. The summed E-state index contributed by atoms with van der Waals surface area (Å²) in [7, 11) is 1.78. The van der Waals surface area contributed by atoms with Gasteiger partial charge in [0.05, 0.1) is 12.6 Å². The summed E-state index contributed by atoms with van der Waals surface area (Å²) >= 11 is 0. The van der Waals surface area contributed by atoms with E-state index >= 15 is 0 Å². The molecule has 1 aromatic rings. The number of carbonyl (C=O) groups excluding carboxylic acids is 1. The van der Waals surface area contributed by atoms with Crippen molar-refractivity contribution in [1.82, 2.24) is 15.5 Å². The molecule has 1 amide bonds. The van der Waals surface area contributed by atoms with E-state index in [9.17, 15) is 4.79 Å². The molecule has 6 nitrogen and oxygen atoms in total. The van der Waals surface area contributed by atoms with E-state index in [0.29, 0.717) is 24.3 Å². The van der Waals surface area contributed by atoms with E-state index in [1.807, 2.05) is 17.0 Å². The second-order valence-electron chi connectivity index (χ2n) is 8.18. The molecule has 2 rings (SSSR count). The highest BCUT2D eigenvalue weighted by Crippen LogP contribution is 2.19. The SMILES string of the molecule is CCC(CCNC(=NC)NC(C)c1ccc(OCC(C)C)cc1)N1CCCC1=O.I. The summed E-state index contributed by atoms with van der Waals surface area (Å²) in [6.45, 7) is 11.0. The van der Waals surface area contributed by atoms with E-state index in [-0.39, 0.29) is 30.0 Å². The summed E-state index contributed by atoms with van der Waals surface area (Å²) in [4.78, 5) is 18.4. The van der Waals surface area contributed by atoms with Gasteiger partial charge in [0.15, 0.2) is 5.96 Å². The third-order valence-electron chi connectivity index (χ3n) is 5.33. The number of benzene rings is 1. The Morgan fingerprint density at radius 3 is 2.47 bits per heavy atom. The molecule has 7 heteroatoms. The van der Waals surface area contributed by atoms with Crippen molar-refractivity contribution in [2.75, 3.05) is 26.7 Å². The van der Waals surface area contributed by atoms with Crippen LogP contribution in [-0.4, -0.2) is 49.6 Å². The van der Waals surface area contributed by atoms with E-state index in [1.54, 1.807) is 7.05 Å². The van der Waals surface area contributed by atoms with E-state index < -0.39 is 0 Å². The molecule has 0 spiro atoms. The molecule has 0 bridgehead atoms. The molecule has 0 saturated carbocycles. The van der Waals surface area contributed by atoms with Crippen molar-refractivity contribution in [2.24, 2.45) is 10.9 Å². The Morgan fingerprint density at radius 1 is 1.23 bits per heavy atom. The van der Waals surface area contributed by atoms with Crippen molar-refractivity contribution in [1.29, 1.82) is 0 Å². The smallest absolute Gasteiger partial charge is 0.222 e.